The molecule has 0 aromatic rings. The van der Waals surface area contributed by atoms with Crippen molar-refractivity contribution >= 4 is 64.8 Å². The van der Waals surface area contributed by atoms with Gasteiger partial charge in [-0.25, -0.2) is 0 Å². The zero-order chi connectivity index (χ0) is 25.1. The van der Waals surface area contributed by atoms with Gasteiger partial charge in [-0.05, 0) is 48.2 Å². The molecular formula is C20H26N2O8S4. The predicted octanol–water partition coefficient (Wildman–Crippen LogP) is 0.955. The Labute approximate surface area is 211 Å². The number of aliphatic hydroxyl groups is 2. The van der Waals surface area contributed by atoms with Crippen molar-refractivity contribution in [2.45, 2.75) is 79.7 Å². The minimum atomic E-state index is -1.91. The first-order chi connectivity index (χ1) is 15.7. The minimum absolute atomic E-state index is 0.122. The highest BCUT2D eigenvalue weighted by molar-refractivity contribution is 9.26. The Hall–Kier alpha value is -0.640. The maximum Gasteiger partial charge on any atom is 0.303 e. The number of amides is 2. The first kappa shape index (κ1) is 25.0. The van der Waals surface area contributed by atoms with Gasteiger partial charge >= 0.3 is 5.97 Å². The molecule has 1 saturated carbocycles. The van der Waals surface area contributed by atoms with Crippen molar-refractivity contribution in [1.82, 2.24) is 9.80 Å². The van der Waals surface area contributed by atoms with Gasteiger partial charge < -0.3 is 29.5 Å². The molecule has 0 aromatic heterocycles. The Kier molecular flexibility index (Phi) is 5.48. The van der Waals surface area contributed by atoms with E-state index < -0.39 is 69.0 Å². The molecule has 0 aromatic carbocycles. The second kappa shape index (κ2) is 7.45. The van der Waals surface area contributed by atoms with Crippen molar-refractivity contribution in [2.24, 2.45) is 5.41 Å². The van der Waals surface area contributed by atoms with Gasteiger partial charge in [-0.3, -0.25) is 19.2 Å². The van der Waals surface area contributed by atoms with E-state index in [1.165, 1.54) is 43.4 Å². The lowest BCUT2D eigenvalue weighted by atomic mass is 9.76. The van der Waals surface area contributed by atoms with E-state index in [9.17, 15) is 29.4 Å². The number of hydrogen-bond acceptors (Lipinski definition) is 12. The highest BCUT2D eigenvalue weighted by atomic mass is 33.7. The molecule has 2 bridgehead atoms. The predicted molar refractivity (Wildman–Crippen MR) is 128 cm³/mol. The number of likely N-dealkylation sites (N-methyl/N-ethyl adjacent to an activating group) is 1. The fraction of sp³-hybridized carbons (Fsp3) is 0.800. The molecule has 5 saturated heterocycles. The summed E-state index contributed by atoms with van der Waals surface area (Å²) in [6.45, 7) is 5.79. The molecule has 5 aliphatic heterocycles. The molecule has 7 atom stereocenters. The van der Waals surface area contributed by atoms with E-state index in [1.54, 1.807) is 20.8 Å². The van der Waals surface area contributed by atoms with Crippen molar-refractivity contribution in [1.29, 1.82) is 0 Å². The van der Waals surface area contributed by atoms with Gasteiger partial charge in [0, 0.05) is 26.8 Å². The van der Waals surface area contributed by atoms with Gasteiger partial charge in [-0.1, -0.05) is 13.8 Å². The Morgan fingerprint density at radius 2 is 1.85 bits per heavy atom. The highest BCUT2D eigenvalue weighted by Gasteiger charge is 2.83. The van der Waals surface area contributed by atoms with Gasteiger partial charge in [0.15, 0.2) is 22.4 Å². The summed E-state index contributed by atoms with van der Waals surface area (Å²) in [5.74, 6) is -1.98. The molecule has 2 spiro atoms. The fourth-order valence-electron chi connectivity index (χ4n) is 6.11. The van der Waals surface area contributed by atoms with Crippen LogP contribution in [0.1, 0.15) is 40.5 Å². The van der Waals surface area contributed by atoms with Gasteiger partial charge in [-0.15, -0.1) is 0 Å². The zero-order valence-electron chi connectivity index (χ0n) is 19.2. The number of piperazine rings is 1. The van der Waals surface area contributed by atoms with Crippen LogP contribution in [0.5, 0.6) is 0 Å². The molecule has 188 valence electrons. The third kappa shape index (κ3) is 2.71. The van der Waals surface area contributed by atoms with E-state index in [0.717, 1.165) is 21.6 Å². The standard InChI is InChI=1S/C20H26N2O8S4/c1-9-16(3,4)12(25)18(30-9)6-11-17(28,13(18)29-10(2)24)7-19-14(26)21(5)20(8-23,15(27)22(11)19)32-34-33-31-19/h9,11,13,23,28H,6-8H2,1-5H3/t9-,11-,13+,17+,18-,19-,20-/m1/s1. The number of rotatable bonds is 2. The molecule has 1 aliphatic carbocycles. The Balaban J connectivity index is 1.69. The second-order valence-electron chi connectivity index (χ2n) is 10.1. The molecule has 6 fully saturated rings. The quantitative estimate of drug-likeness (QED) is 0.375. The van der Waals surface area contributed by atoms with Crippen LogP contribution in [-0.2, 0) is 28.7 Å². The Morgan fingerprint density at radius 1 is 1.21 bits per heavy atom. The summed E-state index contributed by atoms with van der Waals surface area (Å²) in [4.78, 5) is 53.2. The van der Waals surface area contributed by atoms with Crippen molar-refractivity contribution < 1.29 is 38.9 Å². The van der Waals surface area contributed by atoms with Crippen LogP contribution in [0.15, 0.2) is 0 Å². The van der Waals surface area contributed by atoms with Gasteiger partial charge in [0.05, 0.1) is 24.2 Å². The van der Waals surface area contributed by atoms with Crippen LogP contribution in [0.3, 0.4) is 0 Å². The molecule has 5 heterocycles. The molecule has 0 radical (unpaired) electrons. The zero-order valence-corrected chi connectivity index (χ0v) is 22.5. The lowest BCUT2D eigenvalue weighted by Crippen LogP contribution is -2.74. The normalized spacial score (nSPS) is 47.1. The van der Waals surface area contributed by atoms with E-state index in [2.05, 4.69) is 0 Å². The SMILES string of the molecule is CC(=O)O[C@H]1[C@]2(O)C[C@]34SSSS[C@](CO)(C(=O)N3[C@@H]2C[C@]12O[C@H](C)C(C)(C)C2=O)N(C)C4=O. The molecule has 10 nitrogen and oxygen atoms in total. The van der Waals surface area contributed by atoms with E-state index in [-0.39, 0.29) is 18.6 Å². The summed E-state index contributed by atoms with van der Waals surface area (Å²) >= 11 is 0. The van der Waals surface area contributed by atoms with E-state index in [0.29, 0.717) is 0 Å². The number of esters is 1. The summed E-state index contributed by atoms with van der Waals surface area (Å²) < 4.78 is 11.8. The maximum atomic E-state index is 14.0. The first-order valence-electron chi connectivity index (χ1n) is 10.8. The van der Waals surface area contributed by atoms with E-state index in [4.69, 9.17) is 9.47 Å². The molecule has 6 aliphatic rings. The van der Waals surface area contributed by atoms with Crippen molar-refractivity contribution in [3.63, 3.8) is 0 Å². The first-order valence-corrected chi connectivity index (χ1v) is 15.6. The van der Waals surface area contributed by atoms with Crippen LogP contribution in [0.4, 0.5) is 0 Å². The smallest absolute Gasteiger partial charge is 0.303 e. The average Bonchev–Trinajstić information content (AvgIpc) is 3.21. The van der Waals surface area contributed by atoms with E-state index >= 15 is 0 Å². The van der Waals surface area contributed by atoms with Crippen LogP contribution >= 0.6 is 41.2 Å². The van der Waals surface area contributed by atoms with Crippen LogP contribution in [0, 0.1) is 5.41 Å². The molecule has 0 unspecified atom stereocenters. The van der Waals surface area contributed by atoms with Gasteiger partial charge in [0.2, 0.25) is 4.87 Å². The summed E-state index contributed by atoms with van der Waals surface area (Å²) in [6, 6.07) is -1.03. The Bertz CT molecular complexity index is 1010. The minimum Gasteiger partial charge on any atom is -0.456 e. The number of fused-ring (bicyclic) bond motifs is 5. The van der Waals surface area contributed by atoms with Gasteiger partial charge in [-0.2, -0.15) is 0 Å². The monoisotopic (exact) mass is 550 g/mol. The largest absolute Gasteiger partial charge is 0.456 e. The molecule has 34 heavy (non-hydrogen) atoms. The number of aliphatic hydroxyl groups excluding tert-OH is 1. The molecule has 6 rings (SSSR count). The molecule has 14 heteroatoms. The summed E-state index contributed by atoms with van der Waals surface area (Å²) in [5, 5.41) is 22.5. The van der Waals surface area contributed by atoms with Crippen molar-refractivity contribution in [2.75, 3.05) is 13.7 Å². The lowest BCUT2D eigenvalue weighted by Gasteiger charge is -2.54. The third-order valence-corrected chi connectivity index (χ3v) is 15.4. The van der Waals surface area contributed by atoms with Crippen LogP contribution < -0.4 is 0 Å². The lowest BCUT2D eigenvalue weighted by molar-refractivity contribution is -0.189. The summed E-state index contributed by atoms with van der Waals surface area (Å²) in [7, 11) is 6.26. The van der Waals surface area contributed by atoms with E-state index in [1.807, 2.05) is 0 Å². The number of Topliss-reactive ketones (excluding diaryl/α,β-unsaturated/α-hetero) is 1. The summed E-state index contributed by atoms with van der Waals surface area (Å²) in [6.07, 6.45) is -2.29. The number of nitrogens with zero attached hydrogens (tertiary/aromatic N) is 2. The topological polar surface area (TPSA) is 134 Å². The highest BCUT2D eigenvalue weighted by Crippen LogP contribution is 2.69. The number of hydrogen-bond donors (Lipinski definition) is 2. The second-order valence-corrected chi connectivity index (χ2v) is 16.4. The molecule has 2 amide bonds. The number of ketones is 1. The van der Waals surface area contributed by atoms with Crippen LogP contribution in [-0.4, -0.2) is 96.4 Å². The Morgan fingerprint density at radius 3 is 2.41 bits per heavy atom. The van der Waals surface area contributed by atoms with Crippen LogP contribution in [0.2, 0.25) is 0 Å². The van der Waals surface area contributed by atoms with Crippen LogP contribution in [0.25, 0.3) is 0 Å². The van der Waals surface area contributed by atoms with Crippen molar-refractivity contribution in [3.8, 4) is 0 Å². The number of carbonyl (C=O) groups excluding carboxylic acids is 4. The number of ether oxygens (including phenoxy) is 2. The molecular weight excluding hydrogens is 524 g/mol. The van der Waals surface area contributed by atoms with Gasteiger partial charge in [0.25, 0.3) is 11.8 Å². The molecule has 2 N–H and O–H groups in total. The average molecular weight is 551 g/mol. The van der Waals surface area contributed by atoms with Crippen molar-refractivity contribution in [3.05, 3.63) is 0 Å². The third-order valence-electron chi connectivity index (χ3n) is 8.15. The maximum absolute atomic E-state index is 14.0. The number of carbonyl (C=O) groups is 4. The fourth-order valence-corrected chi connectivity index (χ4v) is 13.8. The summed E-state index contributed by atoms with van der Waals surface area (Å²) in [5.41, 5.74) is -4.48. The van der Waals surface area contributed by atoms with Gasteiger partial charge in [0.1, 0.15) is 5.60 Å².